The highest BCUT2D eigenvalue weighted by Crippen LogP contribution is 2.41. The van der Waals surface area contributed by atoms with Crippen molar-refractivity contribution in [3.8, 4) is 6.07 Å². The lowest BCUT2D eigenvalue weighted by atomic mass is 9.95. The van der Waals surface area contributed by atoms with Crippen molar-refractivity contribution in [2.24, 2.45) is 5.92 Å². The van der Waals surface area contributed by atoms with Crippen LogP contribution in [0.15, 0.2) is 18.6 Å². The molecule has 3 aliphatic heterocycles. The van der Waals surface area contributed by atoms with Gasteiger partial charge in [0.15, 0.2) is 0 Å². The van der Waals surface area contributed by atoms with Gasteiger partial charge in [-0.1, -0.05) is 0 Å². The fourth-order valence-corrected chi connectivity index (χ4v) is 5.02. The number of carbonyl (C=O) groups excluding carboxylic acids is 1. The van der Waals surface area contributed by atoms with Crippen molar-refractivity contribution in [1.82, 2.24) is 24.8 Å². The van der Waals surface area contributed by atoms with Crippen LogP contribution in [0.3, 0.4) is 0 Å². The molecule has 2 aromatic rings. The Bertz CT molecular complexity index is 918. The molecule has 0 radical (unpaired) electrons. The van der Waals surface area contributed by atoms with E-state index in [0.29, 0.717) is 13.1 Å². The molecule has 0 aliphatic carbocycles. The molecule has 3 aliphatic rings. The van der Waals surface area contributed by atoms with Gasteiger partial charge in [0, 0.05) is 38.9 Å². The smallest absolute Gasteiger partial charge is 0.320 e. The number of carbonyl (C=O) groups is 1. The molecule has 0 saturated carbocycles. The second-order valence-electron chi connectivity index (χ2n) is 7.93. The zero-order chi connectivity index (χ0) is 18.4. The maximum absolute atomic E-state index is 13.2. The minimum Gasteiger partial charge on any atom is -0.354 e. The summed E-state index contributed by atoms with van der Waals surface area (Å²) in [6.45, 7) is 3.78. The topological polar surface area (TPSA) is 92.2 Å². The highest BCUT2D eigenvalue weighted by molar-refractivity contribution is 5.87. The highest BCUT2D eigenvalue weighted by Gasteiger charge is 2.50. The van der Waals surface area contributed by atoms with Crippen LogP contribution >= 0.6 is 0 Å². The monoisotopic (exact) mass is 365 g/mol. The molecule has 140 valence electrons. The van der Waals surface area contributed by atoms with Crippen LogP contribution in [0.2, 0.25) is 0 Å². The van der Waals surface area contributed by atoms with E-state index in [1.165, 1.54) is 0 Å². The normalized spacial score (nSPS) is 27.8. The Kier molecular flexibility index (Phi) is 3.71. The van der Waals surface area contributed by atoms with Gasteiger partial charge in [0.2, 0.25) is 0 Å². The van der Waals surface area contributed by atoms with Crippen molar-refractivity contribution in [3.63, 3.8) is 0 Å². The van der Waals surface area contributed by atoms with Crippen molar-refractivity contribution in [3.05, 3.63) is 18.6 Å². The number of fused-ring (bicyclic) bond motifs is 1. The summed E-state index contributed by atoms with van der Waals surface area (Å²) in [6, 6.07) is 4.43. The van der Waals surface area contributed by atoms with Crippen LogP contribution in [0.5, 0.6) is 0 Å². The Morgan fingerprint density at radius 3 is 3.07 bits per heavy atom. The predicted octanol–water partition coefficient (Wildman–Crippen LogP) is 1.97. The molecule has 1 spiro atoms. The molecule has 2 unspecified atom stereocenters. The molecule has 5 heterocycles. The minimum absolute atomic E-state index is 0.0181. The lowest BCUT2D eigenvalue weighted by Gasteiger charge is -2.37. The lowest BCUT2D eigenvalue weighted by molar-refractivity contribution is 0.126. The minimum atomic E-state index is -0.116. The van der Waals surface area contributed by atoms with E-state index in [0.717, 1.165) is 62.2 Å². The third-order valence-electron chi connectivity index (χ3n) is 6.43. The molecule has 2 atom stereocenters. The first-order chi connectivity index (χ1) is 13.2. The number of anilines is 1. The van der Waals surface area contributed by atoms with Crippen molar-refractivity contribution < 1.29 is 4.79 Å². The number of nitriles is 1. The largest absolute Gasteiger partial charge is 0.354 e. The van der Waals surface area contributed by atoms with Gasteiger partial charge in [-0.05, 0) is 31.7 Å². The van der Waals surface area contributed by atoms with Gasteiger partial charge in [0.1, 0.15) is 17.8 Å². The van der Waals surface area contributed by atoms with Crippen LogP contribution in [0.25, 0.3) is 11.0 Å². The van der Waals surface area contributed by atoms with Gasteiger partial charge in [-0.2, -0.15) is 5.26 Å². The Labute approximate surface area is 157 Å². The van der Waals surface area contributed by atoms with Gasteiger partial charge in [-0.3, -0.25) is 0 Å². The summed E-state index contributed by atoms with van der Waals surface area (Å²) in [7, 11) is 0. The molecular formula is C19H23N7O. The Balaban J connectivity index is 1.38. The Morgan fingerprint density at radius 1 is 1.30 bits per heavy atom. The number of hydrogen-bond acceptors (Lipinski definition) is 5. The molecule has 3 saturated heterocycles. The van der Waals surface area contributed by atoms with Crippen molar-refractivity contribution in [1.29, 1.82) is 5.26 Å². The summed E-state index contributed by atoms with van der Waals surface area (Å²) in [4.78, 5) is 31.4. The van der Waals surface area contributed by atoms with Gasteiger partial charge < -0.3 is 19.7 Å². The molecule has 5 rings (SSSR count). The van der Waals surface area contributed by atoms with E-state index in [1.54, 1.807) is 6.33 Å². The first-order valence-electron chi connectivity index (χ1n) is 9.69. The second kappa shape index (κ2) is 6.12. The van der Waals surface area contributed by atoms with E-state index in [1.807, 2.05) is 17.2 Å². The first-order valence-corrected chi connectivity index (χ1v) is 9.69. The molecule has 8 heteroatoms. The van der Waals surface area contributed by atoms with E-state index < -0.39 is 0 Å². The van der Waals surface area contributed by atoms with E-state index in [4.69, 9.17) is 5.26 Å². The standard InChI is InChI=1S/C19H23N7O/c20-10-14-3-8-24(11-14)18(27)26-7-1-4-19(26)5-9-25(12-19)17-15-2-6-21-16(15)22-13-23-17/h2,6,13-14H,1,3-5,7-9,11-12H2,(H,21,22,23). The van der Waals surface area contributed by atoms with Gasteiger partial charge in [-0.15, -0.1) is 0 Å². The summed E-state index contributed by atoms with van der Waals surface area (Å²) in [5, 5.41) is 10.2. The molecular weight excluding hydrogens is 342 g/mol. The van der Waals surface area contributed by atoms with Crippen LogP contribution in [-0.2, 0) is 0 Å². The average molecular weight is 365 g/mol. The van der Waals surface area contributed by atoms with Gasteiger partial charge in [0.25, 0.3) is 0 Å². The lowest BCUT2D eigenvalue weighted by Crippen LogP contribution is -2.53. The number of H-pyrrole nitrogens is 1. The molecule has 3 fully saturated rings. The summed E-state index contributed by atoms with van der Waals surface area (Å²) in [6.07, 6.45) is 7.32. The molecule has 1 N–H and O–H groups in total. The summed E-state index contributed by atoms with van der Waals surface area (Å²) < 4.78 is 0. The fourth-order valence-electron chi connectivity index (χ4n) is 5.02. The SMILES string of the molecule is N#CC1CCN(C(=O)N2CCCC23CCN(c2ncnc4[nH]ccc24)C3)C1. The number of aromatic nitrogens is 3. The van der Waals surface area contributed by atoms with Crippen LogP contribution < -0.4 is 4.90 Å². The average Bonchev–Trinajstić information content (AvgIpc) is 3.48. The number of nitrogens with zero attached hydrogens (tertiary/aromatic N) is 6. The number of rotatable bonds is 1. The van der Waals surface area contributed by atoms with E-state index >= 15 is 0 Å². The van der Waals surface area contributed by atoms with Crippen LogP contribution in [0.1, 0.15) is 25.7 Å². The number of hydrogen-bond donors (Lipinski definition) is 1. The summed E-state index contributed by atoms with van der Waals surface area (Å²) >= 11 is 0. The fraction of sp³-hybridized carbons (Fsp3) is 0.579. The summed E-state index contributed by atoms with van der Waals surface area (Å²) in [5.74, 6) is 0.929. The van der Waals surface area contributed by atoms with Crippen LogP contribution in [-0.4, -0.2) is 69.0 Å². The number of amides is 2. The predicted molar refractivity (Wildman–Crippen MR) is 100 cm³/mol. The number of nitrogens with one attached hydrogen (secondary N) is 1. The van der Waals surface area contributed by atoms with Gasteiger partial charge in [-0.25, -0.2) is 14.8 Å². The van der Waals surface area contributed by atoms with Gasteiger partial charge >= 0.3 is 6.03 Å². The third-order valence-corrected chi connectivity index (χ3v) is 6.43. The van der Waals surface area contributed by atoms with E-state index in [9.17, 15) is 4.79 Å². The molecule has 2 amide bonds. The summed E-state index contributed by atoms with van der Waals surface area (Å²) in [5.41, 5.74) is 0.731. The number of aromatic amines is 1. The van der Waals surface area contributed by atoms with Crippen molar-refractivity contribution >= 4 is 22.9 Å². The molecule has 2 aromatic heterocycles. The maximum atomic E-state index is 13.2. The van der Waals surface area contributed by atoms with Crippen LogP contribution in [0.4, 0.5) is 10.6 Å². The number of urea groups is 1. The van der Waals surface area contributed by atoms with Crippen molar-refractivity contribution in [2.45, 2.75) is 31.2 Å². The second-order valence-corrected chi connectivity index (χ2v) is 7.93. The maximum Gasteiger partial charge on any atom is 0.320 e. The highest BCUT2D eigenvalue weighted by atomic mass is 16.2. The van der Waals surface area contributed by atoms with E-state index in [2.05, 4.69) is 30.8 Å². The Morgan fingerprint density at radius 2 is 2.22 bits per heavy atom. The van der Waals surface area contributed by atoms with Crippen molar-refractivity contribution in [2.75, 3.05) is 37.6 Å². The first kappa shape index (κ1) is 16.4. The zero-order valence-electron chi connectivity index (χ0n) is 15.3. The molecule has 0 bridgehead atoms. The number of likely N-dealkylation sites (tertiary alicyclic amines) is 2. The molecule has 0 aromatic carbocycles. The van der Waals surface area contributed by atoms with E-state index in [-0.39, 0.29) is 17.5 Å². The Hall–Kier alpha value is -2.82. The van der Waals surface area contributed by atoms with Crippen LogP contribution in [0, 0.1) is 17.2 Å². The third kappa shape index (κ3) is 2.52. The molecule has 8 nitrogen and oxygen atoms in total. The van der Waals surface area contributed by atoms with Gasteiger partial charge in [0.05, 0.1) is 22.9 Å². The quantitative estimate of drug-likeness (QED) is 0.834. The zero-order valence-corrected chi connectivity index (χ0v) is 15.3. The molecule has 27 heavy (non-hydrogen) atoms.